The number of benzene rings is 3. The van der Waals surface area contributed by atoms with E-state index in [0.717, 1.165) is 40.3 Å². The van der Waals surface area contributed by atoms with Gasteiger partial charge in [0.25, 0.3) is 0 Å². The Morgan fingerprint density at radius 1 is 0.827 bits per heavy atom. The lowest BCUT2D eigenvalue weighted by Gasteiger charge is -2.46. The summed E-state index contributed by atoms with van der Waals surface area (Å²) >= 11 is 0. The molecule has 0 aliphatic heterocycles. The van der Waals surface area contributed by atoms with Gasteiger partial charge in [0.05, 0.1) is 5.69 Å². The molecule has 2 amide bonds. The molecular formula is C44H50N4O3Si. The van der Waals surface area contributed by atoms with Gasteiger partial charge in [0.1, 0.15) is 19.5 Å². The molecule has 2 aliphatic rings. The number of hydrogen-bond donors (Lipinski definition) is 2. The summed E-state index contributed by atoms with van der Waals surface area (Å²) in [4.78, 5) is 35.6. The molecule has 2 fully saturated rings. The molecule has 5 aromatic rings. The van der Waals surface area contributed by atoms with E-state index in [2.05, 4.69) is 108 Å². The van der Waals surface area contributed by atoms with Crippen LogP contribution in [-0.2, 0) is 9.53 Å². The SMILES string of the molecule is Cc1ccncc1-c1cc(NC(=O)OC(C)(C)C)c2cnc(NC(=O)C3C4CC(C[Si](c5ccccc5)(c5ccccc5)C(C)(C)C)CC43)cc2c1. The molecule has 2 heterocycles. The number of aromatic nitrogens is 2. The third kappa shape index (κ3) is 7.01. The van der Waals surface area contributed by atoms with Crippen molar-refractivity contribution in [1.82, 2.24) is 9.97 Å². The number of fused-ring (bicyclic) bond motifs is 2. The van der Waals surface area contributed by atoms with Crippen LogP contribution in [0, 0.1) is 30.6 Å². The van der Waals surface area contributed by atoms with E-state index in [-0.39, 0.29) is 16.9 Å². The lowest BCUT2D eigenvalue weighted by atomic mass is 9.99. The van der Waals surface area contributed by atoms with E-state index >= 15 is 0 Å². The summed E-state index contributed by atoms with van der Waals surface area (Å²) in [5.74, 6) is 1.99. The van der Waals surface area contributed by atoms with Crippen LogP contribution in [0.1, 0.15) is 59.9 Å². The number of rotatable bonds is 8. The first-order valence-electron chi connectivity index (χ1n) is 18.5. The molecule has 2 atom stereocenters. The van der Waals surface area contributed by atoms with Crippen LogP contribution in [0.25, 0.3) is 21.9 Å². The van der Waals surface area contributed by atoms with E-state index in [9.17, 15) is 9.59 Å². The average molecular weight is 711 g/mol. The number of carbonyl (C=O) groups excluding carboxylic acids is 2. The van der Waals surface area contributed by atoms with Gasteiger partial charge in [-0.15, -0.1) is 0 Å². The largest absolute Gasteiger partial charge is 0.444 e. The van der Waals surface area contributed by atoms with Crippen LogP contribution in [0.5, 0.6) is 0 Å². The number of nitrogens with one attached hydrogen (secondary N) is 2. The summed E-state index contributed by atoms with van der Waals surface area (Å²) in [6.45, 7) is 14.8. The fourth-order valence-corrected chi connectivity index (χ4v) is 14.8. The number of hydrogen-bond acceptors (Lipinski definition) is 5. The van der Waals surface area contributed by atoms with Crippen molar-refractivity contribution >= 4 is 52.7 Å². The zero-order valence-electron chi connectivity index (χ0n) is 31.4. The van der Waals surface area contributed by atoms with Crippen LogP contribution >= 0.6 is 0 Å². The van der Waals surface area contributed by atoms with E-state index in [0.29, 0.717) is 29.3 Å². The maximum absolute atomic E-state index is 13.8. The highest BCUT2D eigenvalue weighted by molar-refractivity contribution is 7.04. The van der Waals surface area contributed by atoms with E-state index in [1.54, 1.807) is 12.4 Å². The van der Waals surface area contributed by atoms with Crippen LogP contribution in [0.3, 0.4) is 0 Å². The third-order valence-electron chi connectivity index (χ3n) is 11.3. The quantitative estimate of drug-likeness (QED) is 0.157. The molecule has 0 spiro atoms. The number of amides is 2. The number of ether oxygens (including phenoxy) is 1. The van der Waals surface area contributed by atoms with Crippen molar-refractivity contribution in [2.45, 2.75) is 78.0 Å². The predicted octanol–water partition coefficient (Wildman–Crippen LogP) is 9.23. The van der Waals surface area contributed by atoms with Crippen LogP contribution in [0.15, 0.2) is 104 Å². The Morgan fingerprint density at radius 3 is 2.04 bits per heavy atom. The first-order chi connectivity index (χ1) is 24.7. The van der Waals surface area contributed by atoms with Gasteiger partial charge in [-0.25, -0.2) is 9.78 Å². The van der Waals surface area contributed by atoms with E-state index in [1.165, 1.54) is 16.4 Å². The summed E-state index contributed by atoms with van der Waals surface area (Å²) in [7, 11) is -2.17. The fourth-order valence-electron chi connectivity index (χ4n) is 8.94. The second-order valence-electron chi connectivity index (χ2n) is 16.9. The molecule has 7 rings (SSSR count). The van der Waals surface area contributed by atoms with Crippen LogP contribution < -0.4 is 21.0 Å². The van der Waals surface area contributed by atoms with Crippen molar-refractivity contribution in [1.29, 1.82) is 0 Å². The van der Waals surface area contributed by atoms with Gasteiger partial charge in [-0.1, -0.05) is 91.8 Å². The molecule has 3 aromatic carbocycles. The first kappa shape index (κ1) is 35.6. The number of carbonyl (C=O) groups is 2. The van der Waals surface area contributed by atoms with Gasteiger partial charge in [-0.2, -0.15) is 0 Å². The minimum absolute atomic E-state index is 0.0154. The van der Waals surface area contributed by atoms with E-state index in [1.807, 2.05) is 52.1 Å². The molecule has 2 N–H and O–H groups in total. The number of aryl methyl sites for hydroxylation is 1. The second-order valence-corrected chi connectivity index (χ2v) is 21.8. The highest BCUT2D eigenvalue weighted by Crippen LogP contribution is 2.62. The lowest BCUT2D eigenvalue weighted by Crippen LogP contribution is -2.64. The fraction of sp³-hybridized carbons (Fsp3) is 0.364. The molecule has 8 heteroatoms. The van der Waals surface area contributed by atoms with Crippen molar-refractivity contribution in [2.75, 3.05) is 10.6 Å². The van der Waals surface area contributed by atoms with Crippen molar-refractivity contribution < 1.29 is 14.3 Å². The highest BCUT2D eigenvalue weighted by atomic mass is 28.3. The van der Waals surface area contributed by atoms with Gasteiger partial charge < -0.3 is 10.1 Å². The number of pyridine rings is 2. The van der Waals surface area contributed by atoms with Crippen molar-refractivity contribution in [3.05, 3.63) is 109 Å². The van der Waals surface area contributed by atoms with Gasteiger partial charge in [-0.05, 0) is 110 Å². The summed E-state index contributed by atoms with van der Waals surface area (Å²) < 4.78 is 5.56. The zero-order chi connectivity index (χ0) is 36.8. The summed E-state index contributed by atoms with van der Waals surface area (Å²) in [6.07, 6.45) is 6.94. The Kier molecular flexibility index (Phi) is 9.32. The normalized spacial score (nSPS) is 19.9. The van der Waals surface area contributed by atoms with E-state index in [4.69, 9.17) is 4.74 Å². The molecule has 2 saturated carbocycles. The predicted molar refractivity (Wildman–Crippen MR) is 214 cm³/mol. The Bertz CT molecular complexity index is 2050. The Hall–Kier alpha value is -4.82. The van der Waals surface area contributed by atoms with Crippen molar-refractivity contribution in [3.63, 3.8) is 0 Å². The molecule has 268 valence electrons. The van der Waals surface area contributed by atoms with Gasteiger partial charge in [0, 0.05) is 35.5 Å². The van der Waals surface area contributed by atoms with E-state index < -0.39 is 19.8 Å². The van der Waals surface area contributed by atoms with Gasteiger partial charge in [-0.3, -0.25) is 15.1 Å². The van der Waals surface area contributed by atoms with Crippen molar-refractivity contribution in [2.24, 2.45) is 23.7 Å². The maximum atomic E-state index is 13.8. The zero-order valence-corrected chi connectivity index (χ0v) is 32.4. The van der Waals surface area contributed by atoms with Crippen molar-refractivity contribution in [3.8, 4) is 11.1 Å². The smallest absolute Gasteiger partial charge is 0.412 e. The van der Waals surface area contributed by atoms with Crippen LogP contribution in [0.2, 0.25) is 11.1 Å². The number of anilines is 2. The molecule has 52 heavy (non-hydrogen) atoms. The summed E-state index contributed by atoms with van der Waals surface area (Å²) in [5, 5.41) is 10.8. The third-order valence-corrected chi connectivity index (χ3v) is 17.7. The maximum Gasteiger partial charge on any atom is 0.412 e. The first-order valence-corrected chi connectivity index (χ1v) is 20.7. The molecule has 2 aromatic heterocycles. The van der Waals surface area contributed by atoms with Gasteiger partial charge in [0.2, 0.25) is 5.91 Å². The molecule has 0 bridgehead atoms. The lowest BCUT2D eigenvalue weighted by molar-refractivity contribution is -0.118. The Labute approximate surface area is 308 Å². The minimum atomic E-state index is -2.17. The number of nitrogens with zero attached hydrogens (tertiary/aromatic N) is 2. The van der Waals surface area contributed by atoms with Crippen LogP contribution in [0.4, 0.5) is 16.3 Å². The molecule has 7 nitrogen and oxygen atoms in total. The Morgan fingerprint density at radius 2 is 1.46 bits per heavy atom. The summed E-state index contributed by atoms with van der Waals surface area (Å²) in [6, 6.07) is 31.4. The molecule has 2 aliphatic carbocycles. The highest BCUT2D eigenvalue weighted by Gasteiger charge is 2.61. The monoisotopic (exact) mass is 710 g/mol. The minimum Gasteiger partial charge on any atom is -0.444 e. The summed E-state index contributed by atoms with van der Waals surface area (Å²) in [5.41, 5.74) is 2.86. The molecule has 0 radical (unpaired) electrons. The molecule has 2 unspecified atom stereocenters. The van der Waals surface area contributed by atoms with Gasteiger partial charge >= 0.3 is 6.09 Å². The standard InChI is InChI=1S/C44H50N4O3Si/c1-28-18-19-45-25-36(28)30-22-31-24-39(46-26-37(31)38(23-30)47-42(50)51-43(2,3)4)48-41(49)40-34-20-29(21-35(34)40)27-52(44(5,6)7,32-14-10-8-11-15-32)33-16-12-9-13-17-33/h8-19,22-26,29,34-35,40H,20-21,27H2,1-7H3,(H,47,50)(H,46,48,49). The molecule has 0 saturated heterocycles. The second kappa shape index (κ2) is 13.6. The van der Waals surface area contributed by atoms with Gasteiger partial charge in [0.15, 0.2) is 0 Å². The Balaban J connectivity index is 1.10. The molecular weight excluding hydrogens is 661 g/mol. The average Bonchev–Trinajstić information content (AvgIpc) is 3.61. The van der Waals surface area contributed by atoms with Crippen LogP contribution in [-0.4, -0.2) is 35.6 Å². The topological polar surface area (TPSA) is 93.2 Å².